The molecule has 0 saturated carbocycles. The van der Waals surface area contributed by atoms with E-state index in [0.717, 1.165) is 37.8 Å². The Morgan fingerprint density at radius 2 is 1.22 bits per heavy atom. The predicted molar refractivity (Wildman–Crippen MR) is 102 cm³/mol. The van der Waals surface area contributed by atoms with Gasteiger partial charge in [-0.2, -0.15) is 0 Å². The number of carbonyl (C=O) groups is 2. The Kier molecular flexibility index (Phi) is 22.8. The van der Waals surface area contributed by atoms with Gasteiger partial charge < -0.3 is 9.59 Å². The van der Waals surface area contributed by atoms with Crippen LogP contribution in [0.4, 0.5) is 0 Å². The van der Waals surface area contributed by atoms with Gasteiger partial charge in [-0.15, -0.1) is 0 Å². The van der Waals surface area contributed by atoms with Gasteiger partial charge in [-0.3, -0.25) is 0 Å². The molecular formula is C21H42O2. The molecule has 0 aliphatic heterocycles. The van der Waals surface area contributed by atoms with Crippen LogP contribution < -0.4 is 0 Å². The summed E-state index contributed by atoms with van der Waals surface area (Å²) >= 11 is 0. The Morgan fingerprint density at radius 3 is 1.74 bits per heavy atom. The van der Waals surface area contributed by atoms with Crippen LogP contribution in [-0.4, -0.2) is 12.6 Å². The zero-order valence-corrected chi connectivity index (χ0v) is 16.3. The first kappa shape index (κ1) is 24.6. The first-order valence-electron chi connectivity index (χ1n) is 9.97. The van der Waals surface area contributed by atoms with Crippen molar-refractivity contribution in [3.8, 4) is 0 Å². The van der Waals surface area contributed by atoms with Crippen LogP contribution in [0.5, 0.6) is 0 Å². The van der Waals surface area contributed by atoms with Crippen molar-refractivity contribution < 1.29 is 9.59 Å². The first-order valence-corrected chi connectivity index (χ1v) is 9.97. The van der Waals surface area contributed by atoms with Crippen molar-refractivity contribution in [3.05, 3.63) is 0 Å². The first-order chi connectivity index (χ1) is 11.1. The summed E-state index contributed by atoms with van der Waals surface area (Å²) in [6, 6.07) is 0. The van der Waals surface area contributed by atoms with E-state index in [2.05, 4.69) is 20.8 Å². The Bertz CT molecular complexity index is 236. The summed E-state index contributed by atoms with van der Waals surface area (Å²) in [5.41, 5.74) is 0. The minimum Gasteiger partial charge on any atom is -0.303 e. The van der Waals surface area contributed by atoms with Crippen LogP contribution in [0.1, 0.15) is 111 Å². The van der Waals surface area contributed by atoms with Crippen LogP contribution in [0.2, 0.25) is 0 Å². The molecule has 2 heteroatoms. The number of aldehydes is 2. The van der Waals surface area contributed by atoms with E-state index >= 15 is 0 Å². The fraction of sp³-hybridized carbons (Fsp3) is 0.905. The maximum atomic E-state index is 10.3. The maximum absolute atomic E-state index is 10.3. The molecule has 0 saturated heterocycles. The molecule has 0 spiro atoms. The molecular weight excluding hydrogens is 284 g/mol. The van der Waals surface area contributed by atoms with E-state index in [1.165, 1.54) is 64.2 Å². The van der Waals surface area contributed by atoms with Gasteiger partial charge in [0.25, 0.3) is 0 Å². The summed E-state index contributed by atoms with van der Waals surface area (Å²) in [6.07, 6.45) is 18.1. The highest BCUT2D eigenvalue weighted by Crippen LogP contribution is 2.10. The van der Waals surface area contributed by atoms with Crippen LogP contribution in [0.25, 0.3) is 0 Å². The Labute approximate surface area is 145 Å². The molecule has 0 aliphatic carbocycles. The van der Waals surface area contributed by atoms with Crippen LogP contribution in [-0.2, 0) is 9.59 Å². The average Bonchev–Trinajstić information content (AvgIpc) is 2.54. The molecule has 0 heterocycles. The summed E-state index contributed by atoms with van der Waals surface area (Å²) in [7, 11) is 0. The highest BCUT2D eigenvalue weighted by molar-refractivity contribution is 5.52. The molecule has 0 amide bonds. The normalized spacial score (nSPS) is 11.7. The third kappa shape index (κ3) is 26.5. The summed E-state index contributed by atoms with van der Waals surface area (Å²) in [5.74, 6) is 1.11. The second kappa shape index (κ2) is 21.3. The van der Waals surface area contributed by atoms with Crippen molar-refractivity contribution in [3.63, 3.8) is 0 Å². The third-order valence-corrected chi connectivity index (χ3v) is 4.10. The number of carbonyl (C=O) groups excluding carboxylic acids is 2. The molecule has 0 bridgehead atoms. The second-order valence-electron chi connectivity index (χ2n) is 7.22. The van der Waals surface area contributed by atoms with Gasteiger partial charge in [0, 0.05) is 12.3 Å². The van der Waals surface area contributed by atoms with E-state index in [9.17, 15) is 9.59 Å². The summed E-state index contributed by atoms with van der Waals surface area (Å²) in [6.45, 7) is 8.74. The van der Waals surface area contributed by atoms with Gasteiger partial charge in [0.2, 0.25) is 0 Å². The highest BCUT2D eigenvalue weighted by atomic mass is 16.1. The molecule has 0 rings (SSSR count). The van der Waals surface area contributed by atoms with Crippen LogP contribution in [0.15, 0.2) is 0 Å². The van der Waals surface area contributed by atoms with Crippen molar-refractivity contribution in [2.24, 2.45) is 11.8 Å². The van der Waals surface area contributed by atoms with Crippen LogP contribution in [0, 0.1) is 11.8 Å². The van der Waals surface area contributed by atoms with Gasteiger partial charge in [0.1, 0.15) is 12.6 Å². The van der Waals surface area contributed by atoms with Crippen molar-refractivity contribution in [1.82, 2.24) is 0 Å². The fourth-order valence-electron chi connectivity index (χ4n) is 2.45. The van der Waals surface area contributed by atoms with Crippen molar-refractivity contribution >= 4 is 12.6 Å². The number of rotatable bonds is 15. The average molecular weight is 327 g/mol. The Balaban J connectivity index is 0. The SMILES string of the molecule is CC(C)CCCCCCC=O.CCCCCCCCC(C)C=O. The van der Waals surface area contributed by atoms with Crippen LogP contribution in [0.3, 0.4) is 0 Å². The lowest BCUT2D eigenvalue weighted by molar-refractivity contribution is -0.111. The quantitative estimate of drug-likeness (QED) is 0.246. The van der Waals surface area contributed by atoms with Gasteiger partial charge in [-0.1, -0.05) is 91.9 Å². The van der Waals surface area contributed by atoms with E-state index in [1.54, 1.807) is 0 Å². The van der Waals surface area contributed by atoms with Gasteiger partial charge in [0.05, 0.1) is 0 Å². The van der Waals surface area contributed by atoms with E-state index in [4.69, 9.17) is 0 Å². The zero-order chi connectivity index (χ0) is 17.8. The van der Waals surface area contributed by atoms with Gasteiger partial charge in [-0.05, 0) is 18.8 Å². The summed E-state index contributed by atoms with van der Waals surface area (Å²) < 4.78 is 0. The smallest absolute Gasteiger partial charge is 0.122 e. The summed E-state index contributed by atoms with van der Waals surface area (Å²) in [5, 5.41) is 0. The fourth-order valence-corrected chi connectivity index (χ4v) is 2.45. The lowest BCUT2D eigenvalue weighted by Crippen LogP contribution is -1.94. The Hall–Kier alpha value is -0.660. The number of hydrogen-bond acceptors (Lipinski definition) is 2. The molecule has 0 fully saturated rings. The topological polar surface area (TPSA) is 34.1 Å². The predicted octanol–water partition coefficient (Wildman–Crippen LogP) is 6.75. The molecule has 1 atom stereocenters. The molecule has 0 radical (unpaired) electrons. The lowest BCUT2D eigenvalue weighted by Gasteiger charge is -2.02. The minimum atomic E-state index is 0.274. The lowest BCUT2D eigenvalue weighted by atomic mass is 10.0. The van der Waals surface area contributed by atoms with Gasteiger partial charge in [0.15, 0.2) is 0 Å². The monoisotopic (exact) mass is 326 g/mol. The van der Waals surface area contributed by atoms with Crippen LogP contribution >= 0.6 is 0 Å². The summed E-state index contributed by atoms with van der Waals surface area (Å²) in [4.78, 5) is 20.2. The highest BCUT2D eigenvalue weighted by Gasteiger charge is 1.98. The van der Waals surface area contributed by atoms with Crippen molar-refractivity contribution in [2.45, 2.75) is 111 Å². The molecule has 0 aromatic rings. The zero-order valence-electron chi connectivity index (χ0n) is 16.3. The molecule has 0 N–H and O–H groups in total. The maximum Gasteiger partial charge on any atom is 0.122 e. The minimum absolute atomic E-state index is 0.274. The molecule has 23 heavy (non-hydrogen) atoms. The van der Waals surface area contributed by atoms with Gasteiger partial charge in [-0.25, -0.2) is 0 Å². The molecule has 2 nitrogen and oxygen atoms in total. The molecule has 0 aromatic carbocycles. The largest absolute Gasteiger partial charge is 0.303 e. The van der Waals surface area contributed by atoms with Gasteiger partial charge >= 0.3 is 0 Å². The molecule has 138 valence electrons. The molecule has 0 aliphatic rings. The van der Waals surface area contributed by atoms with E-state index in [-0.39, 0.29) is 5.92 Å². The number of hydrogen-bond donors (Lipinski definition) is 0. The van der Waals surface area contributed by atoms with E-state index < -0.39 is 0 Å². The third-order valence-electron chi connectivity index (χ3n) is 4.10. The second-order valence-corrected chi connectivity index (χ2v) is 7.22. The molecule has 1 unspecified atom stereocenters. The van der Waals surface area contributed by atoms with Crippen molar-refractivity contribution in [1.29, 1.82) is 0 Å². The van der Waals surface area contributed by atoms with Crippen molar-refractivity contribution in [2.75, 3.05) is 0 Å². The number of unbranched alkanes of at least 4 members (excludes halogenated alkanes) is 9. The van der Waals surface area contributed by atoms with E-state index in [1.807, 2.05) is 6.92 Å². The molecule has 0 aromatic heterocycles. The standard InChI is InChI=1S/C11H22O.C10H20O/c1-3-4-5-6-7-8-9-11(2)10-12;1-10(2)8-6-4-3-5-7-9-11/h10-11H,3-9H2,1-2H3;9-10H,3-8H2,1-2H3. The Morgan fingerprint density at radius 1 is 0.696 bits per heavy atom. The van der Waals surface area contributed by atoms with E-state index in [0.29, 0.717) is 0 Å².